The van der Waals surface area contributed by atoms with Gasteiger partial charge in [0.1, 0.15) is 5.75 Å². The molecule has 0 atom stereocenters. The highest BCUT2D eigenvalue weighted by atomic mass is 19.1. The van der Waals surface area contributed by atoms with Gasteiger partial charge in [0.25, 0.3) is 0 Å². The minimum Gasteiger partial charge on any atom is -0.508 e. The van der Waals surface area contributed by atoms with Gasteiger partial charge in [0.2, 0.25) is 0 Å². The number of allylic oxidation sites excluding steroid dienone is 1. The molecule has 2 heterocycles. The standard InChI is InChI=1S/C31H31FN2O/c32-17-22-18-34(19-22)20-27-15-26-14-25(9-12-30(26)33-27)31-24(13-21-5-2-1-3-6-21)8-4-7-23-16-28(35)10-11-29(23)31/h1-3,5-6,9-12,14-16,22,33,35H,4,7-8,13,17-20H2. The molecule has 0 bridgehead atoms. The third-order valence-electron chi connectivity index (χ3n) is 7.51. The van der Waals surface area contributed by atoms with Gasteiger partial charge >= 0.3 is 0 Å². The summed E-state index contributed by atoms with van der Waals surface area (Å²) in [6.07, 6.45) is 4.02. The number of aromatic amines is 1. The first-order valence-corrected chi connectivity index (χ1v) is 12.6. The summed E-state index contributed by atoms with van der Waals surface area (Å²) in [7, 11) is 0. The van der Waals surface area contributed by atoms with Gasteiger partial charge in [0, 0.05) is 42.1 Å². The Morgan fingerprint density at radius 1 is 0.943 bits per heavy atom. The monoisotopic (exact) mass is 466 g/mol. The van der Waals surface area contributed by atoms with Crippen LogP contribution in [-0.2, 0) is 19.4 Å². The van der Waals surface area contributed by atoms with Crippen LogP contribution in [0.1, 0.15) is 40.8 Å². The molecule has 4 heteroatoms. The number of benzene rings is 3. The first kappa shape index (κ1) is 22.1. The van der Waals surface area contributed by atoms with E-state index in [2.05, 4.69) is 70.5 Å². The van der Waals surface area contributed by atoms with Gasteiger partial charge in [-0.2, -0.15) is 0 Å². The minimum absolute atomic E-state index is 0.204. The number of likely N-dealkylation sites (tertiary alicyclic amines) is 1. The zero-order valence-corrected chi connectivity index (χ0v) is 19.9. The fourth-order valence-corrected chi connectivity index (χ4v) is 5.80. The van der Waals surface area contributed by atoms with Crippen molar-refractivity contribution in [3.05, 3.63) is 106 Å². The third-order valence-corrected chi connectivity index (χ3v) is 7.51. The van der Waals surface area contributed by atoms with E-state index in [9.17, 15) is 9.50 Å². The Balaban J connectivity index is 1.40. The number of nitrogens with zero attached hydrogens (tertiary/aromatic N) is 1. The number of halogens is 1. The van der Waals surface area contributed by atoms with Crippen LogP contribution in [-0.4, -0.2) is 34.8 Å². The molecule has 2 aliphatic rings. The second-order valence-corrected chi connectivity index (χ2v) is 10.1. The van der Waals surface area contributed by atoms with Gasteiger partial charge in [0.15, 0.2) is 0 Å². The number of rotatable bonds is 6. The lowest BCUT2D eigenvalue weighted by molar-refractivity contribution is 0.0728. The molecule has 0 saturated carbocycles. The maximum Gasteiger partial charge on any atom is 0.115 e. The topological polar surface area (TPSA) is 39.3 Å². The van der Waals surface area contributed by atoms with E-state index in [1.807, 2.05) is 12.1 Å². The van der Waals surface area contributed by atoms with E-state index in [4.69, 9.17) is 0 Å². The predicted molar refractivity (Wildman–Crippen MR) is 140 cm³/mol. The summed E-state index contributed by atoms with van der Waals surface area (Å²) >= 11 is 0. The number of aromatic nitrogens is 1. The van der Waals surface area contributed by atoms with Gasteiger partial charge in [-0.25, -0.2) is 0 Å². The highest BCUT2D eigenvalue weighted by Gasteiger charge is 2.26. The van der Waals surface area contributed by atoms with E-state index in [-0.39, 0.29) is 12.6 Å². The summed E-state index contributed by atoms with van der Waals surface area (Å²) in [6.45, 7) is 2.31. The number of hydrogen-bond donors (Lipinski definition) is 2. The average molecular weight is 467 g/mol. The van der Waals surface area contributed by atoms with Gasteiger partial charge < -0.3 is 10.1 Å². The van der Waals surface area contributed by atoms with Gasteiger partial charge in [-0.3, -0.25) is 9.29 Å². The quantitative estimate of drug-likeness (QED) is 0.334. The van der Waals surface area contributed by atoms with Crippen molar-refractivity contribution in [2.75, 3.05) is 19.8 Å². The largest absolute Gasteiger partial charge is 0.508 e. The number of H-pyrrole nitrogens is 1. The summed E-state index contributed by atoms with van der Waals surface area (Å²) in [4.78, 5) is 5.86. The number of hydrogen-bond acceptors (Lipinski definition) is 2. The molecule has 1 aliphatic heterocycles. The van der Waals surface area contributed by atoms with Crippen LogP contribution >= 0.6 is 0 Å². The Labute approximate surface area is 205 Å². The lowest BCUT2D eigenvalue weighted by Gasteiger charge is -2.37. The van der Waals surface area contributed by atoms with E-state index in [0.717, 1.165) is 50.8 Å². The summed E-state index contributed by atoms with van der Waals surface area (Å²) in [6, 6.07) is 25.5. The molecule has 4 aromatic rings. The van der Waals surface area contributed by atoms with E-state index < -0.39 is 0 Å². The predicted octanol–water partition coefficient (Wildman–Crippen LogP) is 6.66. The number of fused-ring (bicyclic) bond motifs is 2. The zero-order valence-electron chi connectivity index (χ0n) is 19.9. The third kappa shape index (κ3) is 4.51. The highest BCUT2D eigenvalue weighted by Crippen LogP contribution is 2.38. The van der Waals surface area contributed by atoms with Gasteiger partial charge in [-0.15, -0.1) is 0 Å². The van der Waals surface area contributed by atoms with E-state index in [1.54, 1.807) is 0 Å². The minimum atomic E-state index is -0.216. The second kappa shape index (κ2) is 9.35. The Kier molecular flexibility index (Phi) is 5.91. The number of phenols is 1. The number of phenolic OH excluding ortho intramolecular Hbond substituents is 1. The molecule has 2 N–H and O–H groups in total. The molecular formula is C31H31FN2O. The maximum absolute atomic E-state index is 12.8. The summed E-state index contributed by atoms with van der Waals surface area (Å²) < 4.78 is 12.8. The lowest BCUT2D eigenvalue weighted by Crippen LogP contribution is -2.46. The van der Waals surface area contributed by atoms with Crippen molar-refractivity contribution in [3.8, 4) is 5.75 Å². The van der Waals surface area contributed by atoms with Crippen molar-refractivity contribution in [1.29, 1.82) is 0 Å². The molecule has 6 rings (SSSR count). The van der Waals surface area contributed by atoms with Crippen molar-refractivity contribution in [2.45, 2.75) is 32.2 Å². The molecule has 35 heavy (non-hydrogen) atoms. The summed E-state index contributed by atoms with van der Waals surface area (Å²) in [5.74, 6) is 0.539. The molecule has 3 nitrogen and oxygen atoms in total. The Hall–Kier alpha value is -3.37. The van der Waals surface area contributed by atoms with E-state index >= 15 is 0 Å². The molecule has 3 aromatic carbocycles. The first-order valence-electron chi connectivity index (χ1n) is 12.6. The van der Waals surface area contributed by atoms with Crippen molar-refractivity contribution >= 4 is 16.5 Å². The molecule has 0 unspecified atom stereocenters. The number of aryl methyl sites for hydroxylation is 1. The van der Waals surface area contributed by atoms with Crippen LogP contribution in [0, 0.1) is 5.92 Å². The van der Waals surface area contributed by atoms with Crippen LogP contribution in [0.25, 0.3) is 16.5 Å². The molecule has 178 valence electrons. The summed E-state index contributed by atoms with van der Waals surface area (Å²) in [5, 5.41) is 11.4. The van der Waals surface area contributed by atoms with Crippen LogP contribution in [0.2, 0.25) is 0 Å². The van der Waals surface area contributed by atoms with Crippen LogP contribution in [0.3, 0.4) is 0 Å². The Morgan fingerprint density at radius 3 is 2.63 bits per heavy atom. The van der Waals surface area contributed by atoms with Crippen molar-refractivity contribution in [2.24, 2.45) is 5.92 Å². The van der Waals surface area contributed by atoms with Crippen LogP contribution < -0.4 is 0 Å². The number of alkyl halides is 1. The van der Waals surface area contributed by atoms with Gasteiger partial charge in [-0.1, -0.05) is 48.0 Å². The normalized spacial score (nSPS) is 16.8. The summed E-state index contributed by atoms with van der Waals surface area (Å²) in [5.41, 5.74) is 10.1. The molecule has 0 spiro atoms. The van der Waals surface area contributed by atoms with E-state index in [1.165, 1.54) is 44.5 Å². The fraction of sp³-hybridized carbons (Fsp3) is 0.290. The molecular weight excluding hydrogens is 435 g/mol. The zero-order chi connectivity index (χ0) is 23.8. The number of nitrogens with one attached hydrogen (secondary N) is 1. The molecule has 1 saturated heterocycles. The van der Waals surface area contributed by atoms with Crippen LogP contribution in [0.5, 0.6) is 5.75 Å². The lowest BCUT2D eigenvalue weighted by atomic mass is 9.88. The van der Waals surface area contributed by atoms with Gasteiger partial charge in [-0.05, 0) is 83.8 Å². The Morgan fingerprint density at radius 2 is 1.80 bits per heavy atom. The molecule has 0 amide bonds. The van der Waals surface area contributed by atoms with Crippen molar-refractivity contribution < 1.29 is 9.50 Å². The fourth-order valence-electron chi connectivity index (χ4n) is 5.80. The SMILES string of the molecule is Oc1ccc2c(c1)CCCC(Cc1ccccc1)=C2c1ccc2[nH]c(CN3CC(CF)C3)cc2c1. The van der Waals surface area contributed by atoms with Crippen molar-refractivity contribution in [1.82, 2.24) is 9.88 Å². The van der Waals surface area contributed by atoms with E-state index in [0.29, 0.717) is 5.75 Å². The first-order chi connectivity index (χ1) is 17.2. The molecule has 1 fully saturated rings. The van der Waals surface area contributed by atoms with Gasteiger partial charge in [0.05, 0.1) is 6.67 Å². The molecule has 1 aromatic heterocycles. The second-order valence-electron chi connectivity index (χ2n) is 10.1. The molecule has 1 aliphatic carbocycles. The van der Waals surface area contributed by atoms with Crippen LogP contribution in [0.15, 0.2) is 78.4 Å². The van der Waals surface area contributed by atoms with Crippen LogP contribution in [0.4, 0.5) is 4.39 Å². The van der Waals surface area contributed by atoms with Crippen molar-refractivity contribution in [3.63, 3.8) is 0 Å². The Bertz CT molecular complexity index is 1380. The average Bonchev–Trinajstić information content (AvgIpc) is 3.16. The molecule has 0 radical (unpaired) electrons. The smallest absolute Gasteiger partial charge is 0.115 e. The maximum atomic E-state index is 12.8. The highest BCUT2D eigenvalue weighted by molar-refractivity contribution is 5.90. The number of aromatic hydroxyl groups is 1.